The van der Waals surface area contributed by atoms with Crippen LogP contribution in [-0.4, -0.2) is 29.7 Å². The summed E-state index contributed by atoms with van der Waals surface area (Å²) in [6, 6.07) is 0. The molecule has 0 spiro atoms. The fraction of sp³-hybridized carbons (Fsp3) is 0.556. The van der Waals surface area contributed by atoms with Crippen LogP contribution < -0.4 is 10.6 Å². The maximum atomic E-state index is 11.7. The van der Waals surface area contributed by atoms with Crippen LogP contribution in [0.3, 0.4) is 0 Å². The van der Waals surface area contributed by atoms with E-state index in [2.05, 4.69) is 15.8 Å². The van der Waals surface area contributed by atoms with Gasteiger partial charge in [-0.2, -0.15) is 0 Å². The number of carbonyl (C=O) groups excluding carboxylic acids is 1. The van der Waals surface area contributed by atoms with E-state index in [1.807, 2.05) is 6.92 Å². The van der Waals surface area contributed by atoms with Gasteiger partial charge in [0.25, 0.3) is 5.91 Å². The van der Waals surface area contributed by atoms with Crippen LogP contribution in [0.15, 0.2) is 10.7 Å². The van der Waals surface area contributed by atoms with Crippen LogP contribution >= 0.6 is 0 Å². The van der Waals surface area contributed by atoms with Crippen molar-refractivity contribution in [2.24, 2.45) is 0 Å². The molecule has 14 heavy (non-hydrogen) atoms. The van der Waals surface area contributed by atoms with Crippen LogP contribution in [0, 0.1) is 6.92 Å². The molecule has 2 heterocycles. The van der Waals surface area contributed by atoms with Crippen molar-refractivity contribution in [2.45, 2.75) is 19.4 Å². The molecule has 2 rings (SSSR count). The minimum absolute atomic E-state index is 0.143. The first kappa shape index (κ1) is 9.21. The van der Waals surface area contributed by atoms with Crippen molar-refractivity contribution in [3.8, 4) is 0 Å². The summed E-state index contributed by atoms with van der Waals surface area (Å²) in [7, 11) is 0. The predicted octanol–water partition coefficient (Wildman–Crippen LogP) is 0.0747. The molecule has 1 aliphatic rings. The molecule has 76 valence electrons. The number of rotatable bonds is 2. The van der Waals surface area contributed by atoms with Crippen molar-refractivity contribution in [1.82, 2.24) is 15.8 Å². The van der Waals surface area contributed by atoms with E-state index in [1.165, 1.54) is 6.20 Å². The summed E-state index contributed by atoms with van der Waals surface area (Å²) in [4.78, 5) is 11.7. The number of nitrogens with zero attached hydrogens (tertiary/aromatic N) is 1. The molecule has 0 unspecified atom stereocenters. The average Bonchev–Trinajstić information content (AvgIpc) is 2.48. The molecule has 1 aromatic heterocycles. The minimum atomic E-state index is -0.191. The van der Waals surface area contributed by atoms with E-state index in [0.29, 0.717) is 5.76 Å². The van der Waals surface area contributed by atoms with Gasteiger partial charge in [-0.25, -0.2) is 0 Å². The van der Waals surface area contributed by atoms with Crippen LogP contribution in [-0.2, 0) is 0 Å². The third kappa shape index (κ3) is 1.50. The second-order valence-electron chi connectivity index (χ2n) is 3.96. The van der Waals surface area contributed by atoms with E-state index < -0.39 is 0 Å². The molecule has 0 atom stereocenters. The Morgan fingerprint density at radius 1 is 1.71 bits per heavy atom. The summed E-state index contributed by atoms with van der Waals surface area (Å²) in [5.74, 6) is 0.113. The summed E-state index contributed by atoms with van der Waals surface area (Å²) in [6.45, 7) is 5.39. The van der Waals surface area contributed by atoms with E-state index in [-0.39, 0.29) is 11.4 Å². The lowest BCUT2D eigenvalue weighted by Gasteiger charge is -2.39. The Kier molecular flexibility index (Phi) is 2.03. The standard InChI is InChI=1S/C9H13N3O2/c1-6-3-11-14-7(6)8(13)12-9(2)4-10-5-9/h3,10H,4-5H2,1-2H3,(H,12,13). The van der Waals surface area contributed by atoms with Crippen molar-refractivity contribution >= 4 is 5.91 Å². The molecule has 0 aromatic carbocycles. The van der Waals surface area contributed by atoms with Gasteiger partial charge >= 0.3 is 0 Å². The van der Waals surface area contributed by atoms with Gasteiger partial charge in [0.1, 0.15) is 0 Å². The van der Waals surface area contributed by atoms with E-state index in [0.717, 1.165) is 18.7 Å². The number of aromatic nitrogens is 1. The Balaban J connectivity index is 2.06. The Labute approximate surface area is 81.8 Å². The molecule has 0 radical (unpaired) electrons. The van der Waals surface area contributed by atoms with Crippen LogP contribution in [0.1, 0.15) is 23.0 Å². The first-order valence-corrected chi connectivity index (χ1v) is 4.55. The maximum absolute atomic E-state index is 11.7. The molecule has 1 fully saturated rings. The lowest BCUT2D eigenvalue weighted by molar-refractivity contribution is 0.0833. The van der Waals surface area contributed by atoms with Crippen molar-refractivity contribution in [3.63, 3.8) is 0 Å². The van der Waals surface area contributed by atoms with Crippen LogP contribution in [0.25, 0.3) is 0 Å². The fourth-order valence-electron chi connectivity index (χ4n) is 1.43. The fourth-order valence-corrected chi connectivity index (χ4v) is 1.43. The van der Waals surface area contributed by atoms with Crippen LogP contribution in [0.4, 0.5) is 0 Å². The number of carbonyl (C=O) groups is 1. The number of amides is 1. The molecule has 1 aromatic rings. The van der Waals surface area contributed by atoms with Gasteiger partial charge in [0.2, 0.25) is 5.76 Å². The van der Waals surface area contributed by atoms with Gasteiger partial charge in [0.15, 0.2) is 0 Å². The Morgan fingerprint density at radius 2 is 2.43 bits per heavy atom. The van der Waals surface area contributed by atoms with Crippen molar-refractivity contribution in [3.05, 3.63) is 17.5 Å². The molecule has 5 nitrogen and oxygen atoms in total. The van der Waals surface area contributed by atoms with Crippen molar-refractivity contribution in [1.29, 1.82) is 0 Å². The second-order valence-corrected chi connectivity index (χ2v) is 3.96. The third-order valence-electron chi connectivity index (χ3n) is 2.40. The van der Waals surface area contributed by atoms with Crippen molar-refractivity contribution in [2.75, 3.05) is 13.1 Å². The lowest BCUT2D eigenvalue weighted by atomic mass is 9.95. The smallest absolute Gasteiger partial charge is 0.290 e. The van der Waals surface area contributed by atoms with Gasteiger partial charge in [0, 0.05) is 18.7 Å². The SMILES string of the molecule is Cc1cnoc1C(=O)NC1(C)CNC1. The highest BCUT2D eigenvalue weighted by molar-refractivity contribution is 5.93. The Hall–Kier alpha value is -1.36. The Morgan fingerprint density at radius 3 is 2.86 bits per heavy atom. The molecular weight excluding hydrogens is 182 g/mol. The molecular formula is C9H13N3O2. The quantitative estimate of drug-likeness (QED) is 0.701. The number of hydrogen-bond donors (Lipinski definition) is 2. The molecule has 1 saturated heterocycles. The Bertz CT molecular complexity index is 355. The van der Waals surface area contributed by atoms with E-state index in [9.17, 15) is 4.79 Å². The number of aryl methyl sites for hydroxylation is 1. The maximum Gasteiger partial charge on any atom is 0.290 e. The molecule has 5 heteroatoms. The summed E-state index contributed by atoms with van der Waals surface area (Å²) in [5, 5.41) is 9.57. The molecule has 2 N–H and O–H groups in total. The average molecular weight is 195 g/mol. The predicted molar refractivity (Wildman–Crippen MR) is 50.0 cm³/mol. The molecule has 0 saturated carbocycles. The minimum Gasteiger partial charge on any atom is -0.351 e. The summed E-state index contributed by atoms with van der Waals surface area (Å²) >= 11 is 0. The highest BCUT2D eigenvalue weighted by Gasteiger charge is 2.34. The largest absolute Gasteiger partial charge is 0.351 e. The normalized spacial score (nSPS) is 18.7. The van der Waals surface area contributed by atoms with Gasteiger partial charge in [-0.05, 0) is 13.8 Å². The van der Waals surface area contributed by atoms with Crippen LogP contribution in [0.5, 0.6) is 0 Å². The third-order valence-corrected chi connectivity index (χ3v) is 2.40. The second kappa shape index (κ2) is 3.09. The van der Waals surface area contributed by atoms with E-state index in [1.54, 1.807) is 6.92 Å². The van der Waals surface area contributed by atoms with Gasteiger partial charge in [-0.15, -0.1) is 0 Å². The summed E-state index contributed by atoms with van der Waals surface area (Å²) in [6.07, 6.45) is 1.54. The van der Waals surface area contributed by atoms with Gasteiger partial charge in [-0.3, -0.25) is 4.79 Å². The first-order valence-electron chi connectivity index (χ1n) is 4.55. The molecule has 0 aliphatic carbocycles. The zero-order valence-electron chi connectivity index (χ0n) is 8.26. The number of hydrogen-bond acceptors (Lipinski definition) is 4. The first-order chi connectivity index (χ1) is 6.61. The summed E-state index contributed by atoms with van der Waals surface area (Å²) in [5.41, 5.74) is 0.620. The van der Waals surface area contributed by atoms with E-state index >= 15 is 0 Å². The van der Waals surface area contributed by atoms with Gasteiger partial charge in [0.05, 0.1) is 11.7 Å². The van der Waals surface area contributed by atoms with Crippen LogP contribution in [0.2, 0.25) is 0 Å². The monoisotopic (exact) mass is 195 g/mol. The zero-order valence-corrected chi connectivity index (χ0v) is 8.26. The topological polar surface area (TPSA) is 67.2 Å². The van der Waals surface area contributed by atoms with Crippen molar-refractivity contribution < 1.29 is 9.32 Å². The molecule has 1 amide bonds. The van der Waals surface area contributed by atoms with Gasteiger partial charge in [-0.1, -0.05) is 5.16 Å². The zero-order chi connectivity index (χ0) is 10.2. The summed E-state index contributed by atoms with van der Waals surface area (Å²) < 4.78 is 4.86. The molecule has 0 bridgehead atoms. The number of nitrogens with one attached hydrogen (secondary N) is 2. The van der Waals surface area contributed by atoms with E-state index in [4.69, 9.17) is 4.52 Å². The van der Waals surface area contributed by atoms with Gasteiger partial charge < -0.3 is 15.2 Å². The lowest BCUT2D eigenvalue weighted by Crippen LogP contribution is -2.67. The highest BCUT2D eigenvalue weighted by atomic mass is 16.5. The highest BCUT2D eigenvalue weighted by Crippen LogP contribution is 2.12. The molecule has 1 aliphatic heterocycles.